The Labute approximate surface area is 121 Å². The molecule has 3 rings (SSSR count). The summed E-state index contributed by atoms with van der Waals surface area (Å²) in [6.07, 6.45) is 1.04. The normalized spacial score (nSPS) is 22.7. The largest absolute Gasteiger partial charge is 0.423 e. The quantitative estimate of drug-likeness (QED) is 0.687. The first-order valence-corrected chi connectivity index (χ1v) is 7.08. The van der Waals surface area contributed by atoms with Crippen LogP contribution in [0.3, 0.4) is 0 Å². The summed E-state index contributed by atoms with van der Waals surface area (Å²) in [7, 11) is 0. The molecule has 2 atom stereocenters. The van der Waals surface area contributed by atoms with Crippen LogP contribution >= 0.6 is 0 Å². The van der Waals surface area contributed by atoms with Gasteiger partial charge in [-0.25, -0.2) is 0 Å². The van der Waals surface area contributed by atoms with Crippen molar-refractivity contribution in [2.75, 3.05) is 24.5 Å². The van der Waals surface area contributed by atoms with Crippen LogP contribution in [0.4, 0.5) is 11.7 Å². The number of piperidine rings is 1. The van der Waals surface area contributed by atoms with Crippen LogP contribution in [0.25, 0.3) is 11.1 Å². The lowest BCUT2D eigenvalue weighted by Crippen LogP contribution is -2.42. The molecular weight excluding hydrogens is 272 g/mol. The molecule has 1 aliphatic rings. The first kappa shape index (κ1) is 13.8. The number of hydrogen-bond donors (Lipinski definition) is 1. The summed E-state index contributed by atoms with van der Waals surface area (Å²) in [6.45, 7) is 4.53. The van der Waals surface area contributed by atoms with Crippen LogP contribution in [0.1, 0.15) is 13.3 Å². The van der Waals surface area contributed by atoms with Gasteiger partial charge in [0.2, 0.25) is 0 Å². The highest BCUT2D eigenvalue weighted by molar-refractivity contribution is 5.77. The van der Waals surface area contributed by atoms with Crippen LogP contribution in [0.15, 0.2) is 22.6 Å². The van der Waals surface area contributed by atoms with Gasteiger partial charge in [-0.2, -0.15) is 4.98 Å². The molecule has 21 heavy (non-hydrogen) atoms. The van der Waals surface area contributed by atoms with E-state index in [1.807, 2.05) is 0 Å². The number of oxazole rings is 1. The van der Waals surface area contributed by atoms with Gasteiger partial charge in [-0.3, -0.25) is 10.1 Å². The fourth-order valence-corrected chi connectivity index (χ4v) is 2.78. The standard InChI is InChI=1S/C14H18N4O3/c1-9-4-5-17(8-10(9)7-15)14-16-12-3-2-11(18(19)20)6-13(12)21-14/h2-3,6,9-10H,4-5,7-8,15H2,1H3. The molecule has 7 heteroatoms. The van der Waals surface area contributed by atoms with E-state index in [2.05, 4.69) is 16.8 Å². The van der Waals surface area contributed by atoms with Crippen LogP contribution in [0.5, 0.6) is 0 Å². The molecule has 0 bridgehead atoms. The maximum absolute atomic E-state index is 10.8. The van der Waals surface area contributed by atoms with Gasteiger partial charge in [0.1, 0.15) is 5.52 Å². The van der Waals surface area contributed by atoms with Crippen molar-refractivity contribution in [3.05, 3.63) is 28.3 Å². The van der Waals surface area contributed by atoms with E-state index < -0.39 is 4.92 Å². The van der Waals surface area contributed by atoms with Gasteiger partial charge in [0.05, 0.1) is 11.0 Å². The summed E-state index contributed by atoms with van der Waals surface area (Å²) in [5, 5.41) is 10.8. The maximum atomic E-state index is 10.8. The summed E-state index contributed by atoms with van der Waals surface area (Å²) in [5.41, 5.74) is 6.90. The van der Waals surface area contributed by atoms with Crippen molar-refractivity contribution in [2.24, 2.45) is 17.6 Å². The highest BCUT2D eigenvalue weighted by Gasteiger charge is 2.27. The molecule has 0 saturated carbocycles. The number of rotatable bonds is 3. The van der Waals surface area contributed by atoms with Gasteiger partial charge < -0.3 is 15.1 Å². The zero-order valence-electron chi connectivity index (χ0n) is 11.9. The average Bonchev–Trinajstić information content (AvgIpc) is 2.90. The number of benzene rings is 1. The summed E-state index contributed by atoms with van der Waals surface area (Å²) in [5.74, 6) is 1.01. The highest BCUT2D eigenvalue weighted by atomic mass is 16.6. The molecule has 1 saturated heterocycles. The van der Waals surface area contributed by atoms with Crippen molar-refractivity contribution in [2.45, 2.75) is 13.3 Å². The number of nitro benzene ring substituents is 1. The topological polar surface area (TPSA) is 98.4 Å². The third-order valence-electron chi connectivity index (χ3n) is 4.26. The van der Waals surface area contributed by atoms with Crippen molar-refractivity contribution >= 4 is 22.8 Å². The first-order chi connectivity index (χ1) is 10.1. The number of nitrogens with two attached hydrogens (primary N) is 1. The third-order valence-corrected chi connectivity index (χ3v) is 4.26. The number of anilines is 1. The predicted molar refractivity (Wildman–Crippen MR) is 79.2 cm³/mol. The van der Waals surface area contributed by atoms with Crippen LogP contribution in [-0.2, 0) is 0 Å². The van der Waals surface area contributed by atoms with Gasteiger partial charge in [0.15, 0.2) is 5.58 Å². The molecule has 7 nitrogen and oxygen atoms in total. The minimum atomic E-state index is -0.436. The molecule has 2 aromatic rings. The fraction of sp³-hybridized carbons (Fsp3) is 0.500. The maximum Gasteiger partial charge on any atom is 0.298 e. The Balaban J connectivity index is 1.89. The van der Waals surface area contributed by atoms with Crippen LogP contribution in [0.2, 0.25) is 0 Å². The zero-order chi connectivity index (χ0) is 15.0. The molecule has 1 aliphatic heterocycles. The molecule has 1 fully saturated rings. The van der Waals surface area contributed by atoms with Crippen molar-refractivity contribution < 1.29 is 9.34 Å². The molecule has 2 N–H and O–H groups in total. The van der Waals surface area contributed by atoms with E-state index in [-0.39, 0.29) is 5.69 Å². The Morgan fingerprint density at radius 2 is 2.38 bits per heavy atom. The Bertz CT molecular complexity index is 669. The smallest absolute Gasteiger partial charge is 0.298 e. The average molecular weight is 290 g/mol. The molecule has 2 unspecified atom stereocenters. The van der Waals surface area contributed by atoms with E-state index in [9.17, 15) is 10.1 Å². The van der Waals surface area contributed by atoms with Crippen molar-refractivity contribution in [3.8, 4) is 0 Å². The van der Waals surface area contributed by atoms with Crippen molar-refractivity contribution in [3.63, 3.8) is 0 Å². The Morgan fingerprint density at radius 1 is 1.57 bits per heavy atom. The molecule has 1 aromatic heterocycles. The van der Waals surface area contributed by atoms with Crippen LogP contribution < -0.4 is 10.6 Å². The minimum Gasteiger partial charge on any atom is -0.423 e. The lowest BCUT2D eigenvalue weighted by molar-refractivity contribution is -0.384. The summed E-state index contributed by atoms with van der Waals surface area (Å²) in [4.78, 5) is 16.9. The molecule has 0 aliphatic carbocycles. The van der Waals surface area contributed by atoms with Crippen molar-refractivity contribution in [1.29, 1.82) is 0 Å². The molecule has 0 radical (unpaired) electrons. The third kappa shape index (κ3) is 2.56. The number of aromatic nitrogens is 1. The molecule has 0 spiro atoms. The van der Waals surface area contributed by atoms with E-state index in [4.69, 9.17) is 10.2 Å². The SMILES string of the molecule is CC1CCN(c2nc3ccc([N+](=O)[O-])cc3o2)CC1CN. The van der Waals surface area contributed by atoms with Crippen molar-refractivity contribution in [1.82, 2.24) is 4.98 Å². The molecule has 112 valence electrons. The summed E-state index contributed by atoms with van der Waals surface area (Å²) >= 11 is 0. The molecule has 2 heterocycles. The number of nitro groups is 1. The van der Waals surface area contributed by atoms with E-state index in [0.29, 0.717) is 35.5 Å². The van der Waals surface area contributed by atoms with Crippen LogP contribution in [0, 0.1) is 22.0 Å². The second-order valence-electron chi connectivity index (χ2n) is 5.61. The van der Waals surface area contributed by atoms with Gasteiger partial charge in [-0.05, 0) is 30.9 Å². The monoisotopic (exact) mass is 290 g/mol. The second-order valence-corrected chi connectivity index (χ2v) is 5.61. The van der Waals surface area contributed by atoms with Crippen LogP contribution in [-0.4, -0.2) is 29.5 Å². The number of nitrogens with zero attached hydrogens (tertiary/aromatic N) is 3. The lowest BCUT2D eigenvalue weighted by atomic mass is 9.87. The highest BCUT2D eigenvalue weighted by Crippen LogP contribution is 2.30. The Kier molecular flexibility index (Phi) is 3.50. The minimum absolute atomic E-state index is 0.0114. The summed E-state index contributed by atoms with van der Waals surface area (Å²) < 4.78 is 5.70. The summed E-state index contributed by atoms with van der Waals surface area (Å²) in [6, 6.07) is 5.00. The lowest BCUT2D eigenvalue weighted by Gasteiger charge is -2.35. The van der Waals surface area contributed by atoms with E-state index >= 15 is 0 Å². The predicted octanol–water partition coefficient (Wildman–Crippen LogP) is 2.16. The zero-order valence-corrected chi connectivity index (χ0v) is 11.9. The van der Waals surface area contributed by atoms with Gasteiger partial charge >= 0.3 is 0 Å². The molecular formula is C14H18N4O3. The number of non-ortho nitro benzene ring substituents is 1. The van der Waals surface area contributed by atoms with Gasteiger partial charge in [-0.15, -0.1) is 0 Å². The Morgan fingerprint density at radius 3 is 3.10 bits per heavy atom. The van der Waals surface area contributed by atoms with Gasteiger partial charge in [0, 0.05) is 19.2 Å². The fourth-order valence-electron chi connectivity index (χ4n) is 2.78. The van der Waals surface area contributed by atoms with Gasteiger partial charge in [-0.1, -0.05) is 6.92 Å². The number of hydrogen-bond acceptors (Lipinski definition) is 6. The molecule has 0 amide bonds. The van der Waals surface area contributed by atoms with Gasteiger partial charge in [0.25, 0.3) is 11.7 Å². The van der Waals surface area contributed by atoms with E-state index in [1.54, 1.807) is 6.07 Å². The molecule has 1 aromatic carbocycles. The second kappa shape index (κ2) is 5.33. The van der Waals surface area contributed by atoms with E-state index in [1.165, 1.54) is 12.1 Å². The van der Waals surface area contributed by atoms with E-state index in [0.717, 1.165) is 19.5 Å². The first-order valence-electron chi connectivity index (χ1n) is 7.08. The number of fused-ring (bicyclic) bond motifs is 1. The Hall–Kier alpha value is -2.15.